The smallest absolute Gasteiger partial charge is 0.256 e. The van der Waals surface area contributed by atoms with E-state index < -0.39 is 0 Å². The van der Waals surface area contributed by atoms with Crippen molar-refractivity contribution in [3.63, 3.8) is 0 Å². The summed E-state index contributed by atoms with van der Waals surface area (Å²) in [5.41, 5.74) is 1.11. The fourth-order valence-corrected chi connectivity index (χ4v) is 1.50. The molecule has 2 heterocycles. The third-order valence-electron chi connectivity index (χ3n) is 2.51. The number of hydrogen-bond donors (Lipinski definition) is 0. The van der Waals surface area contributed by atoms with Crippen LogP contribution in [0.2, 0.25) is 0 Å². The lowest BCUT2D eigenvalue weighted by Crippen LogP contribution is -2.16. The second kappa shape index (κ2) is 4.31. The van der Waals surface area contributed by atoms with Crippen LogP contribution in [0.3, 0.4) is 0 Å². The van der Waals surface area contributed by atoms with E-state index in [1.165, 1.54) is 16.2 Å². The minimum absolute atomic E-state index is 0.0627. The van der Waals surface area contributed by atoms with E-state index in [0.717, 1.165) is 0 Å². The SMILES string of the molecule is CC(C)c1ccc(-n2ccccc2=O)nc1. The molecule has 3 nitrogen and oxygen atoms in total. The van der Waals surface area contributed by atoms with Crippen molar-refractivity contribution in [1.82, 2.24) is 9.55 Å². The minimum atomic E-state index is -0.0627. The molecule has 0 aliphatic heterocycles. The first-order valence-corrected chi connectivity index (χ1v) is 5.32. The molecule has 0 aliphatic carbocycles. The maximum absolute atomic E-state index is 11.6. The molecule has 3 heteroatoms. The Morgan fingerprint density at radius 3 is 2.56 bits per heavy atom. The van der Waals surface area contributed by atoms with Gasteiger partial charge in [-0.05, 0) is 23.6 Å². The summed E-state index contributed by atoms with van der Waals surface area (Å²) in [7, 11) is 0. The largest absolute Gasteiger partial charge is 0.269 e. The predicted molar refractivity (Wildman–Crippen MR) is 63.9 cm³/mol. The lowest BCUT2D eigenvalue weighted by atomic mass is 10.1. The molecule has 0 aromatic carbocycles. The van der Waals surface area contributed by atoms with E-state index in [4.69, 9.17) is 0 Å². The van der Waals surface area contributed by atoms with Crippen molar-refractivity contribution < 1.29 is 0 Å². The average molecular weight is 214 g/mol. The van der Waals surface area contributed by atoms with Crippen molar-refractivity contribution in [3.8, 4) is 5.82 Å². The lowest BCUT2D eigenvalue weighted by Gasteiger charge is -2.07. The van der Waals surface area contributed by atoms with Gasteiger partial charge in [-0.1, -0.05) is 26.0 Å². The monoisotopic (exact) mass is 214 g/mol. The Hall–Kier alpha value is -1.90. The van der Waals surface area contributed by atoms with E-state index >= 15 is 0 Å². The first-order valence-electron chi connectivity index (χ1n) is 5.32. The van der Waals surface area contributed by atoms with Crippen molar-refractivity contribution in [2.24, 2.45) is 0 Å². The van der Waals surface area contributed by atoms with Crippen LogP contribution < -0.4 is 5.56 Å². The van der Waals surface area contributed by atoms with Crippen LogP contribution in [0.15, 0.2) is 47.5 Å². The molecular formula is C13H14N2O. The van der Waals surface area contributed by atoms with Crippen molar-refractivity contribution >= 4 is 0 Å². The van der Waals surface area contributed by atoms with Gasteiger partial charge in [0.05, 0.1) is 0 Å². The number of hydrogen-bond acceptors (Lipinski definition) is 2. The summed E-state index contributed by atoms with van der Waals surface area (Å²) in [5.74, 6) is 1.11. The zero-order chi connectivity index (χ0) is 11.5. The summed E-state index contributed by atoms with van der Waals surface area (Å²) in [4.78, 5) is 15.9. The number of rotatable bonds is 2. The van der Waals surface area contributed by atoms with Crippen LogP contribution in [0.5, 0.6) is 0 Å². The maximum atomic E-state index is 11.6. The van der Waals surface area contributed by atoms with Crippen molar-refractivity contribution in [2.45, 2.75) is 19.8 Å². The number of pyridine rings is 2. The van der Waals surface area contributed by atoms with Gasteiger partial charge >= 0.3 is 0 Å². The quantitative estimate of drug-likeness (QED) is 0.769. The summed E-state index contributed by atoms with van der Waals surface area (Å²) in [6, 6.07) is 8.95. The van der Waals surface area contributed by atoms with Crippen LogP contribution in [0.25, 0.3) is 5.82 Å². The van der Waals surface area contributed by atoms with Gasteiger partial charge in [-0.2, -0.15) is 0 Å². The van der Waals surface area contributed by atoms with Gasteiger partial charge in [-0.3, -0.25) is 9.36 Å². The molecule has 0 saturated heterocycles. The molecule has 0 fully saturated rings. The van der Waals surface area contributed by atoms with Crippen molar-refractivity contribution in [3.05, 3.63) is 58.6 Å². The Bertz CT molecular complexity index is 526. The highest BCUT2D eigenvalue weighted by atomic mass is 16.1. The fourth-order valence-electron chi connectivity index (χ4n) is 1.50. The van der Waals surface area contributed by atoms with E-state index in [1.54, 1.807) is 12.3 Å². The zero-order valence-corrected chi connectivity index (χ0v) is 9.42. The molecule has 0 aliphatic rings. The Morgan fingerprint density at radius 2 is 2.00 bits per heavy atom. The molecule has 82 valence electrons. The molecule has 0 radical (unpaired) electrons. The first kappa shape index (κ1) is 10.6. The molecule has 0 unspecified atom stereocenters. The minimum Gasteiger partial charge on any atom is -0.269 e. The summed E-state index contributed by atoms with van der Waals surface area (Å²) in [6.07, 6.45) is 3.54. The van der Waals surface area contributed by atoms with Gasteiger partial charge in [0.25, 0.3) is 5.56 Å². The average Bonchev–Trinajstić information content (AvgIpc) is 2.30. The van der Waals surface area contributed by atoms with Crippen LogP contribution in [-0.2, 0) is 0 Å². The second-order valence-electron chi connectivity index (χ2n) is 4.01. The van der Waals surface area contributed by atoms with E-state index in [1.807, 2.05) is 24.4 Å². The summed E-state index contributed by atoms with van der Waals surface area (Å²) < 4.78 is 1.53. The molecule has 0 spiro atoms. The van der Waals surface area contributed by atoms with Crippen LogP contribution in [0, 0.1) is 0 Å². The first-order chi connectivity index (χ1) is 7.68. The highest BCUT2D eigenvalue weighted by molar-refractivity contribution is 5.27. The van der Waals surface area contributed by atoms with E-state index in [-0.39, 0.29) is 5.56 Å². The summed E-state index contributed by atoms with van der Waals surface area (Å²) >= 11 is 0. The fraction of sp³-hybridized carbons (Fsp3) is 0.231. The molecule has 0 saturated carbocycles. The molecule has 0 atom stereocenters. The highest BCUT2D eigenvalue weighted by Crippen LogP contribution is 2.13. The standard InChI is InChI=1S/C13H14N2O/c1-10(2)11-6-7-12(14-9-11)15-8-4-3-5-13(15)16/h3-10H,1-2H3. The summed E-state index contributed by atoms with van der Waals surface area (Å²) in [5, 5.41) is 0. The maximum Gasteiger partial charge on any atom is 0.256 e. The molecule has 2 aromatic heterocycles. The molecule has 0 bridgehead atoms. The Labute approximate surface area is 94.4 Å². The second-order valence-corrected chi connectivity index (χ2v) is 4.01. The van der Waals surface area contributed by atoms with Crippen LogP contribution in [0.1, 0.15) is 25.3 Å². The van der Waals surface area contributed by atoms with Gasteiger partial charge in [0, 0.05) is 18.5 Å². The molecule has 0 N–H and O–H groups in total. The number of aromatic nitrogens is 2. The Kier molecular flexibility index (Phi) is 2.86. The molecule has 0 amide bonds. The van der Waals surface area contributed by atoms with Gasteiger partial charge in [-0.15, -0.1) is 0 Å². The number of nitrogens with zero attached hydrogens (tertiary/aromatic N) is 2. The van der Waals surface area contributed by atoms with E-state index in [2.05, 4.69) is 18.8 Å². The van der Waals surface area contributed by atoms with E-state index in [0.29, 0.717) is 11.7 Å². The van der Waals surface area contributed by atoms with Crippen LogP contribution >= 0.6 is 0 Å². The molecule has 16 heavy (non-hydrogen) atoms. The van der Waals surface area contributed by atoms with Crippen molar-refractivity contribution in [1.29, 1.82) is 0 Å². The predicted octanol–water partition coefficient (Wildman–Crippen LogP) is 2.36. The third-order valence-corrected chi connectivity index (χ3v) is 2.51. The third kappa shape index (κ3) is 2.03. The molecule has 2 aromatic rings. The Balaban J connectivity index is 2.43. The van der Waals surface area contributed by atoms with E-state index in [9.17, 15) is 4.79 Å². The van der Waals surface area contributed by atoms with Crippen molar-refractivity contribution in [2.75, 3.05) is 0 Å². The van der Waals surface area contributed by atoms with Gasteiger partial charge in [0.1, 0.15) is 5.82 Å². The normalized spacial score (nSPS) is 10.7. The van der Waals surface area contributed by atoms with Crippen LogP contribution in [-0.4, -0.2) is 9.55 Å². The van der Waals surface area contributed by atoms with Gasteiger partial charge < -0.3 is 0 Å². The van der Waals surface area contributed by atoms with Crippen LogP contribution in [0.4, 0.5) is 0 Å². The van der Waals surface area contributed by atoms with Gasteiger partial charge in [-0.25, -0.2) is 4.98 Å². The molecule has 2 rings (SSSR count). The highest BCUT2D eigenvalue weighted by Gasteiger charge is 2.02. The zero-order valence-electron chi connectivity index (χ0n) is 9.42. The van der Waals surface area contributed by atoms with Gasteiger partial charge in [0.2, 0.25) is 0 Å². The lowest BCUT2D eigenvalue weighted by molar-refractivity contribution is 0.848. The summed E-state index contributed by atoms with van der Waals surface area (Å²) in [6.45, 7) is 4.23. The Morgan fingerprint density at radius 1 is 1.19 bits per heavy atom. The molecular weight excluding hydrogens is 200 g/mol. The van der Waals surface area contributed by atoms with Gasteiger partial charge in [0.15, 0.2) is 0 Å². The topological polar surface area (TPSA) is 34.9 Å².